The molecule has 0 saturated carbocycles. The van der Waals surface area contributed by atoms with Gasteiger partial charge in [0.05, 0.1) is 13.2 Å². The summed E-state index contributed by atoms with van der Waals surface area (Å²) >= 11 is 5.79. The van der Waals surface area contributed by atoms with Crippen LogP contribution in [-0.4, -0.2) is 61.8 Å². The molecular weight excluding hydrogens is 505 g/mol. The predicted molar refractivity (Wildman–Crippen MR) is 151 cm³/mol. The SMILES string of the molecule is CCOc1ccc(NC(=O)COc2ccc(C(=S)N3CCN(c4ccc(F)cc4)CC3)cc2OCC)cc1. The molecule has 200 valence electrons. The van der Waals surface area contributed by atoms with Gasteiger partial charge in [0.2, 0.25) is 0 Å². The quantitative estimate of drug-likeness (QED) is 0.360. The van der Waals surface area contributed by atoms with E-state index in [4.69, 9.17) is 26.4 Å². The molecule has 9 heteroatoms. The van der Waals surface area contributed by atoms with E-state index in [0.717, 1.165) is 48.2 Å². The Labute approximate surface area is 228 Å². The van der Waals surface area contributed by atoms with Crippen molar-refractivity contribution in [2.45, 2.75) is 13.8 Å². The van der Waals surface area contributed by atoms with Crippen molar-refractivity contribution >= 4 is 34.5 Å². The fraction of sp³-hybridized carbons (Fsp3) is 0.310. The Morgan fingerprint density at radius 3 is 2.21 bits per heavy atom. The van der Waals surface area contributed by atoms with Gasteiger partial charge in [0, 0.05) is 43.1 Å². The van der Waals surface area contributed by atoms with Gasteiger partial charge >= 0.3 is 0 Å². The molecule has 0 aliphatic carbocycles. The van der Waals surface area contributed by atoms with Crippen molar-refractivity contribution in [1.82, 2.24) is 4.90 Å². The van der Waals surface area contributed by atoms with Crippen LogP contribution in [0.5, 0.6) is 17.2 Å². The lowest BCUT2D eigenvalue weighted by Gasteiger charge is -2.37. The third-order valence-electron chi connectivity index (χ3n) is 6.06. The van der Waals surface area contributed by atoms with Crippen molar-refractivity contribution < 1.29 is 23.4 Å². The van der Waals surface area contributed by atoms with Crippen LogP contribution >= 0.6 is 12.2 Å². The summed E-state index contributed by atoms with van der Waals surface area (Å²) in [6, 6.07) is 19.3. The second kappa shape index (κ2) is 13.1. The fourth-order valence-corrected chi connectivity index (χ4v) is 4.48. The summed E-state index contributed by atoms with van der Waals surface area (Å²) < 4.78 is 30.3. The summed E-state index contributed by atoms with van der Waals surface area (Å²) in [6.07, 6.45) is 0. The summed E-state index contributed by atoms with van der Waals surface area (Å²) in [6.45, 7) is 7.75. The Bertz CT molecular complexity index is 1230. The zero-order chi connectivity index (χ0) is 26.9. The third kappa shape index (κ3) is 7.13. The van der Waals surface area contributed by atoms with Crippen LogP contribution in [0.3, 0.4) is 0 Å². The van der Waals surface area contributed by atoms with Crippen LogP contribution < -0.4 is 24.4 Å². The number of nitrogens with one attached hydrogen (secondary N) is 1. The highest BCUT2D eigenvalue weighted by molar-refractivity contribution is 7.80. The number of ether oxygens (including phenoxy) is 3. The summed E-state index contributed by atoms with van der Waals surface area (Å²) in [5.74, 6) is 1.23. The number of rotatable bonds is 10. The molecule has 1 aliphatic rings. The van der Waals surface area contributed by atoms with E-state index in [1.54, 1.807) is 42.5 Å². The Balaban J connectivity index is 1.33. The molecule has 3 aromatic rings. The van der Waals surface area contributed by atoms with Crippen LogP contribution in [-0.2, 0) is 4.79 Å². The first-order chi connectivity index (χ1) is 18.5. The van der Waals surface area contributed by atoms with Crippen molar-refractivity contribution in [2.24, 2.45) is 0 Å². The molecule has 0 unspecified atom stereocenters. The number of hydrogen-bond acceptors (Lipinski definition) is 6. The first kappa shape index (κ1) is 27.2. The maximum Gasteiger partial charge on any atom is 0.262 e. The Morgan fingerprint density at radius 1 is 0.868 bits per heavy atom. The van der Waals surface area contributed by atoms with Crippen LogP contribution in [0.2, 0.25) is 0 Å². The Hall–Kier alpha value is -3.85. The lowest BCUT2D eigenvalue weighted by Crippen LogP contribution is -2.48. The van der Waals surface area contributed by atoms with Crippen LogP contribution in [0.15, 0.2) is 66.7 Å². The number of halogens is 1. The number of thiocarbonyl (C=S) groups is 1. The highest BCUT2D eigenvalue weighted by atomic mass is 32.1. The second-order valence-electron chi connectivity index (χ2n) is 8.64. The van der Waals surface area contributed by atoms with Crippen LogP contribution in [0.1, 0.15) is 19.4 Å². The topological polar surface area (TPSA) is 63.3 Å². The minimum Gasteiger partial charge on any atom is -0.494 e. The molecule has 1 saturated heterocycles. The first-order valence-electron chi connectivity index (χ1n) is 12.7. The molecule has 0 atom stereocenters. The molecular formula is C29H32FN3O4S. The van der Waals surface area contributed by atoms with E-state index in [-0.39, 0.29) is 18.3 Å². The molecule has 1 amide bonds. The van der Waals surface area contributed by atoms with E-state index in [0.29, 0.717) is 30.4 Å². The number of carbonyl (C=O) groups excluding carboxylic acids is 1. The number of piperazine rings is 1. The predicted octanol–water partition coefficient (Wildman–Crippen LogP) is 5.14. The molecule has 1 heterocycles. The molecule has 3 aromatic carbocycles. The number of benzene rings is 3. The molecule has 1 fully saturated rings. The van der Waals surface area contributed by atoms with E-state index in [9.17, 15) is 9.18 Å². The number of amides is 1. The average molecular weight is 538 g/mol. The van der Waals surface area contributed by atoms with Gasteiger partial charge in [0.15, 0.2) is 18.1 Å². The van der Waals surface area contributed by atoms with Gasteiger partial charge in [0.1, 0.15) is 16.6 Å². The largest absolute Gasteiger partial charge is 0.494 e. The van der Waals surface area contributed by atoms with Crippen molar-refractivity contribution in [1.29, 1.82) is 0 Å². The van der Waals surface area contributed by atoms with Crippen molar-refractivity contribution in [3.63, 3.8) is 0 Å². The summed E-state index contributed by atoms with van der Waals surface area (Å²) in [5.41, 5.74) is 2.51. The number of anilines is 2. The lowest BCUT2D eigenvalue weighted by molar-refractivity contribution is -0.118. The van der Waals surface area contributed by atoms with Crippen LogP contribution in [0, 0.1) is 5.82 Å². The zero-order valence-corrected chi connectivity index (χ0v) is 22.4. The summed E-state index contributed by atoms with van der Waals surface area (Å²) in [7, 11) is 0. The smallest absolute Gasteiger partial charge is 0.262 e. The van der Waals surface area contributed by atoms with Gasteiger partial charge in [-0.25, -0.2) is 4.39 Å². The van der Waals surface area contributed by atoms with E-state index in [1.165, 1.54) is 12.1 Å². The minimum atomic E-state index is -0.282. The number of nitrogens with zero attached hydrogens (tertiary/aromatic N) is 2. The third-order valence-corrected chi connectivity index (χ3v) is 6.55. The van der Waals surface area contributed by atoms with Crippen molar-refractivity contribution in [3.8, 4) is 17.2 Å². The van der Waals surface area contributed by atoms with Gasteiger partial charge in [0.25, 0.3) is 5.91 Å². The first-order valence-corrected chi connectivity index (χ1v) is 13.1. The molecule has 0 bridgehead atoms. The summed E-state index contributed by atoms with van der Waals surface area (Å²) in [5, 5.41) is 2.81. The van der Waals surface area contributed by atoms with Gasteiger partial charge in [-0.2, -0.15) is 0 Å². The number of carbonyl (C=O) groups is 1. The summed E-state index contributed by atoms with van der Waals surface area (Å²) in [4.78, 5) is 17.5. The maximum absolute atomic E-state index is 13.2. The standard InChI is InChI=1S/C29H32FN3O4S/c1-3-35-25-12-8-23(9-13-25)31-28(34)20-37-26-14-5-21(19-27(26)36-4-2)29(38)33-17-15-32(16-18-33)24-10-6-22(30)7-11-24/h5-14,19H,3-4,15-18,20H2,1-2H3,(H,31,34). The van der Waals surface area contributed by atoms with Crippen LogP contribution in [0.4, 0.5) is 15.8 Å². The van der Waals surface area contributed by atoms with Crippen molar-refractivity contribution in [3.05, 3.63) is 78.1 Å². The van der Waals surface area contributed by atoms with Gasteiger partial charge in [-0.3, -0.25) is 4.79 Å². The average Bonchev–Trinajstić information content (AvgIpc) is 2.94. The molecule has 4 rings (SSSR count). The Kier molecular flexibility index (Phi) is 9.37. The second-order valence-corrected chi connectivity index (χ2v) is 9.03. The lowest BCUT2D eigenvalue weighted by atomic mass is 10.1. The van der Waals surface area contributed by atoms with E-state index in [1.807, 2.05) is 26.0 Å². The molecule has 0 aromatic heterocycles. The fourth-order valence-electron chi connectivity index (χ4n) is 4.17. The van der Waals surface area contributed by atoms with Crippen molar-refractivity contribution in [2.75, 3.05) is 56.2 Å². The highest BCUT2D eigenvalue weighted by Gasteiger charge is 2.21. The molecule has 1 aliphatic heterocycles. The maximum atomic E-state index is 13.2. The zero-order valence-electron chi connectivity index (χ0n) is 21.6. The highest BCUT2D eigenvalue weighted by Crippen LogP contribution is 2.30. The molecule has 0 radical (unpaired) electrons. The van der Waals surface area contributed by atoms with Gasteiger partial charge in [-0.1, -0.05) is 12.2 Å². The molecule has 38 heavy (non-hydrogen) atoms. The minimum absolute atomic E-state index is 0.164. The van der Waals surface area contributed by atoms with E-state index in [2.05, 4.69) is 15.1 Å². The van der Waals surface area contributed by atoms with Gasteiger partial charge in [-0.05, 0) is 80.6 Å². The Morgan fingerprint density at radius 2 is 1.55 bits per heavy atom. The molecule has 0 spiro atoms. The molecule has 1 N–H and O–H groups in total. The number of hydrogen-bond donors (Lipinski definition) is 1. The van der Waals surface area contributed by atoms with Gasteiger partial charge in [-0.15, -0.1) is 0 Å². The van der Waals surface area contributed by atoms with Crippen LogP contribution in [0.25, 0.3) is 0 Å². The molecule has 7 nitrogen and oxygen atoms in total. The monoisotopic (exact) mass is 537 g/mol. The van der Waals surface area contributed by atoms with E-state index < -0.39 is 0 Å². The van der Waals surface area contributed by atoms with Gasteiger partial charge < -0.3 is 29.3 Å². The van der Waals surface area contributed by atoms with E-state index >= 15 is 0 Å². The normalized spacial score (nSPS) is 13.1.